The number of ether oxygens (including phenoxy) is 1. The van der Waals surface area contributed by atoms with Crippen molar-refractivity contribution in [2.75, 3.05) is 37.0 Å². The van der Waals surface area contributed by atoms with Crippen LogP contribution in [0.5, 0.6) is 0 Å². The fraction of sp³-hybridized carbons (Fsp3) is 0.750. The van der Waals surface area contributed by atoms with Crippen LogP contribution in [0.2, 0.25) is 5.28 Å². The Labute approximate surface area is 119 Å². The van der Waals surface area contributed by atoms with E-state index in [0.717, 1.165) is 13.0 Å². The molecule has 1 aromatic rings. The van der Waals surface area contributed by atoms with E-state index in [-0.39, 0.29) is 11.3 Å². The van der Waals surface area contributed by atoms with Gasteiger partial charge in [0.25, 0.3) is 0 Å². The fourth-order valence-electron chi connectivity index (χ4n) is 1.56. The largest absolute Gasteiger partial charge is 0.383 e. The van der Waals surface area contributed by atoms with E-state index in [1.54, 1.807) is 7.11 Å². The third kappa shape index (κ3) is 5.16. The smallest absolute Gasteiger partial charge is 0.231 e. The summed E-state index contributed by atoms with van der Waals surface area (Å²) in [5, 5.41) is 3.32. The van der Waals surface area contributed by atoms with Crippen LogP contribution >= 0.6 is 11.6 Å². The molecule has 0 unspecified atom stereocenters. The first-order valence-corrected chi connectivity index (χ1v) is 6.87. The molecule has 0 atom stereocenters. The molecule has 0 aliphatic heterocycles. The number of aromatic nitrogens is 3. The highest BCUT2D eigenvalue weighted by molar-refractivity contribution is 6.28. The molecule has 0 spiro atoms. The van der Waals surface area contributed by atoms with Crippen LogP contribution in [-0.4, -0.2) is 47.8 Å². The zero-order valence-corrected chi connectivity index (χ0v) is 12.7. The molecule has 0 saturated carbocycles. The van der Waals surface area contributed by atoms with Gasteiger partial charge in [-0.15, -0.1) is 0 Å². The molecule has 1 aromatic heterocycles. The van der Waals surface area contributed by atoms with Crippen molar-refractivity contribution in [3.63, 3.8) is 0 Å². The maximum Gasteiger partial charge on any atom is 0.231 e. The molecule has 1 rings (SSSR count). The summed E-state index contributed by atoms with van der Waals surface area (Å²) in [6.45, 7) is 8.36. The van der Waals surface area contributed by atoms with Crippen LogP contribution in [0.1, 0.15) is 27.2 Å². The van der Waals surface area contributed by atoms with E-state index < -0.39 is 0 Å². The van der Waals surface area contributed by atoms with Gasteiger partial charge in [-0.05, 0) is 31.9 Å². The lowest BCUT2D eigenvalue weighted by atomic mass is 10.3. The quantitative estimate of drug-likeness (QED) is 0.791. The van der Waals surface area contributed by atoms with Crippen molar-refractivity contribution in [3.05, 3.63) is 5.28 Å². The number of anilines is 2. The normalized spacial score (nSPS) is 10.8. The van der Waals surface area contributed by atoms with Gasteiger partial charge in [-0.1, -0.05) is 6.92 Å². The van der Waals surface area contributed by atoms with Gasteiger partial charge in [0.2, 0.25) is 17.2 Å². The topological polar surface area (TPSA) is 63.2 Å². The van der Waals surface area contributed by atoms with E-state index in [9.17, 15) is 0 Å². The first-order chi connectivity index (χ1) is 9.08. The molecule has 0 aliphatic rings. The molecule has 6 nitrogen and oxygen atoms in total. The summed E-state index contributed by atoms with van der Waals surface area (Å²) in [5.74, 6) is 1.09. The zero-order valence-electron chi connectivity index (χ0n) is 12.0. The second-order valence-corrected chi connectivity index (χ2v) is 4.77. The molecule has 0 aromatic carbocycles. The molecule has 0 saturated heterocycles. The van der Waals surface area contributed by atoms with Gasteiger partial charge in [0.1, 0.15) is 0 Å². The van der Waals surface area contributed by atoms with Gasteiger partial charge in [-0.3, -0.25) is 0 Å². The van der Waals surface area contributed by atoms with Crippen molar-refractivity contribution in [2.24, 2.45) is 0 Å². The molecule has 0 bridgehead atoms. The van der Waals surface area contributed by atoms with E-state index in [1.165, 1.54) is 0 Å². The average Bonchev–Trinajstić information content (AvgIpc) is 2.36. The van der Waals surface area contributed by atoms with Crippen LogP contribution < -0.4 is 10.2 Å². The molecule has 7 heteroatoms. The SMILES string of the molecule is CCCNc1nc(Cl)nc(N(CCOC)C(C)C)n1. The number of rotatable bonds is 8. The van der Waals surface area contributed by atoms with Gasteiger partial charge in [0, 0.05) is 26.2 Å². The van der Waals surface area contributed by atoms with Crippen LogP contribution in [0.3, 0.4) is 0 Å². The van der Waals surface area contributed by atoms with Crippen LogP contribution in [0.15, 0.2) is 0 Å². The molecule has 0 amide bonds. The van der Waals surface area contributed by atoms with Gasteiger partial charge in [0.15, 0.2) is 0 Å². The van der Waals surface area contributed by atoms with Crippen LogP contribution in [0, 0.1) is 0 Å². The molecule has 0 fully saturated rings. The minimum Gasteiger partial charge on any atom is -0.383 e. The highest BCUT2D eigenvalue weighted by Crippen LogP contribution is 2.16. The predicted molar refractivity (Wildman–Crippen MR) is 78.0 cm³/mol. The van der Waals surface area contributed by atoms with Gasteiger partial charge in [-0.25, -0.2) is 0 Å². The second-order valence-electron chi connectivity index (χ2n) is 4.43. The lowest BCUT2D eigenvalue weighted by Crippen LogP contribution is -2.35. The number of halogens is 1. The Bertz CT molecular complexity index is 388. The van der Waals surface area contributed by atoms with Crippen LogP contribution in [0.4, 0.5) is 11.9 Å². The third-order valence-electron chi connectivity index (χ3n) is 2.55. The molecule has 19 heavy (non-hydrogen) atoms. The second kappa shape index (κ2) is 8.12. The summed E-state index contributed by atoms with van der Waals surface area (Å²) < 4.78 is 5.11. The molecule has 108 valence electrons. The number of nitrogens with one attached hydrogen (secondary N) is 1. The Kier molecular flexibility index (Phi) is 6.80. The lowest BCUT2D eigenvalue weighted by Gasteiger charge is -2.26. The molecular formula is C12H22ClN5O. The van der Waals surface area contributed by atoms with E-state index >= 15 is 0 Å². The van der Waals surface area contributed by atoms with Gasteiger partial charge in [-0.2, -0.15) is 15.0 Å². The number of nitrogens with zero attached hydrogens (tertiary/aromatic N) is 4. The summed E-state index contributed by atoms with van der Waals surface area (Å²) in [7, 11) is 1.67. The van der Waals surface area contributed by atoms with Gasteiger partial charge >= 0.3 is 0 Å². The number of hydrogen-bond donors (Lipinski definition) is 1. The minimum absolute atomic E-state index is 0.201. The van der Waals surface area contributed by atoms with E-state index in [2.05, 4.69) is 41.0 Å². The zero-order chi connectivity index (χ0) is 14.3. The lowest BCUT2D eigenvalue weighted by molar-refractivity contribution is 0.203. The standard InChI is InChI=1S/C12H22ClN5O/c1-5-6-14-11-15-10(13)16-12(17-11)18(9(2)3)7-8-19-4/h9H,5-8H2,1-4H3,(H,14,15,16,17). The predicted octanol–water partition coefficient (Wildman–Crippen LogP) is 2.21. The van der Waals surface area contributed by atoms with Crippen molar-refractivity contribution in [1.29, 1.82) is 0 Å². The van der Waals surface area contributed by atoms with Crippen molar-refractivity contribution >= 4 is 23.5 Å². The molecule has 1 N–H and O–H groups in total. The van der Waals surface area contributed by atoms with Crippen molar-refractivity contribution in [2.45, 2.75) is 33.2 Å². The Hall–Kier alpha value is -1.14. The number of methoxy groups -OCH3 is 1. The molecule has 1 heterocycles. The van der Waals surface area contributed by atoms with Gasteiger partial charge in [0.05, 0.1) is 6.61 Å². The summed E-state index contributed by atoms with van der Waals surface area (Å²) >= 11 is 5.95. The summed E-state index contributed by atoms with van der Waals surface area (Å²) in [5.41, 5.74) is 0. The summed E-state index contributed by atoms with van der Waals surface area (Å²) in [6, 6.07) is 0.257. The Morgan fingerprint density at radius 3 is 2.63 bits per heavy atom. The highest BCUT2D eigenvalue weighted by atomic mass is 35.5. The monoisotopic (exact) mass is 287 g/mol. The van der Waals surface area contributed by atoms with Crippen molar-refractivity contribution in [1.82, 2.24) is 15.0 Å². The fourth-order valence-corrected chi connectivity index (χ4v) is 1.72. The first kappa shape index (κ1) is 15.9. The highest BCUT2D eigenvalue weighted by Gasteiger charge is 2.15. The average molecular weight is 288 g/mol. The Morgan fingerprint density at radius 2 is 2.05 bits per heavy atom. The van der Waals surface area contributed by atoms with E-state index in [1.807, 2.05) is 4.90 Å². The van der Waals surface area contributed by atoms with E-state index in [4.69, 9.17) is 16.3 Å². The molecular weight excluding hydrogens is 266 g/mol. The number of hydrogen-bond acceptors (Lipinski definition) is 6. The van der Waals surface area contributed by atoms with Crippen molar-refractivity contribution in [3.8, 4) is 0 Å². The Balaban J connectivity index is 2.91. The molecule has 0 radical (unpaired) electrons. The maximum absolute atomic E-state index is 5.95. The third-order valence-corrected chi connectivity index (χ3v) is 2.72. The van der Waals surface area contributed by atoms with Crippen LogP contribution in [-0.2, 0) is 4.74 Å². The first-order valence-electron chi connectivity index (χ1n) is 6.49. The summed E-state index contributed by atoms with van der Waals surface area (Å²) in [4.78, 5) is 14.7. The molecule has 0 aliphatic carbocycles. The summed E-state index contributed by atoms with van der Waals surface area (Å²) in [6.07, 6.45) is 0.996. The minimum atomic E-state index is 0.201. The van der Waals surface area contributed by atoms with Gasteiger partial charge < -0.3 is 15.0 Å². The Morgan fingerprint density at radius 1 is 1.32 bits per heavy atom. The van der Waals surface area contributed by atoms with E-state index in [0.29, 0.717) is 25.0 Å². The maximum atomic E-state index is 5.95. The van der Waals surface area contributed by atoms with Crippen molar-refractivity contribution < 1.29 is 4.74 Å². The van der Waals surface area contributed by atoms with Crippen LogP contribution in [0.25, 0.3) is 0 Å².